The van der Waals surface area contributed by atoms with Crippen LogP contribution in [0.1, 0.15) is 52.7 Å². The highest BCUT2D eigenvalue weighted by Crippen LogP contribution is 2.35. The zero-order valence-corrected chi connectivity index (χ0v) is 16.5. The summed E-state index contributed by atoms with van der Waals surface area (Å²) in [6.07, 6.45) is -0.0300. The summed E-state index contributed by atoms with van der Waals surface area (Å²) in [5.74, 6) is -0.608. The Morgan fingerprint density at radius 3 is 3.06 bits per heavy atom. The second-order valence-corrected chi connectivity index (χ2v) is 6.99. The van der Waals surface area contributed by atoms with Gasteiger partial charge in [0, 0.05) is 24.7 Å². The number of fused-ring (bicyclic) bond motifs is 2. The molecule has 1 aliphatic rings. The number of rotatable bonds is 5. The van der Waals surface area contributed by atoms with Crippen LogP contribution >= 0.6 is 0 Å². The predicted molar refractivity (Wildman–Crippen MR) is 103 cm³/mol. The SMILES string of the molecule is CCOc1cccc2cc([C@@H]3c4nc[nH]c4CCN3C(=O)c3ocnc3C(F)F)nn12. The van der Waals surface area contributed by atoms with Crippen molar-refractivity contribution in [1.82, 2.24) is 29.5 Å². The van der Waals surface area contributed by atoms with Crippen molar-refractivity contribution in [3.05, 3.63) is 65.5 Å². The summed E-state index contributed by atoms with van der Waals surface area (Å²) in [7, 11) is 0. The number of carbonyl (C=O) groups excluding carboxylic acids is 1. The lowest BCUT2D eigenvalue weighted by atomic mass is 9.99. The summed E-state index contributed by atoms with van der Waals surface area (Å²) in [6, 6.07) is 6.64. The number of amides is 1. The first-order chi connectivity index (χ1) is 15.1. The number of H-pyrrole nitrogens is 1. The average Bonchev–Trinajstić information content (AvgIpc) is 3.51. The van der Waals surface area contributed by atoms with Crippen molar-refractivity contribution in [3.63, 3.8) is 0 Å². The summed E-state index contributed by atoms with van der Waals surface area (Å²) < 4.78 is 39.0. The number of nitrogens with one attached hydrogen (secondary N) is 1. The molecule has 0 aliphatic carbocycles. The number of pyridine rings is 1. The topological polar surface area (TPSA) is 102 Å². The summed E-state index contributed by atoms with van der Waals surface area (Å²) in [4.78, 5) is 25.7. The fourth-order valence-corrected chi connectivity index (χ4v) is 3.90. The molecule has 5 rings (SSSR count). The monoisotopic (exact) mass is 428 g/mol. The molecule has 0 fully saturated rings. The van der Waals surface area contributed by atoms with E-state index in [4.69, 9.17) is 9.15 Å². The molecule has 0 saturated heterocycles. The molecule has 0 spiro atoms. The number of alkyl halides is 2. The minimum absolute atomic E-state index is 0.272. The van der Waals surface area contributed by atoms with Crippen LogP contribution in [0.2, 0.25) is 0 Å². The molecule has 0 aromatic carbocycles. The van der Waals surface area contributed by atoms with E-state index in [2.05, 4.69) is 20.1 Å². The zero-order chi connectivity index (χ0) is 21.5. The molecule has 11 heteroatoms. The summed E-state index contributed by atoms with van der Waals surface area (Å²) in [5.41, 5.74) is 2.10. The van der Waals surface area contributed by atoms with Gasteiger partial charge in [0.05, 0.1) is 29.8 Å². The van der Waals surface area contributed by atoms with Gasteiger partial charge in [-0.05, 0) is 19.1 Å². The molecule has 160 valence electrons. The maximum Gasteiger partial charge on any atom is 0.292 e. The Morgan fingerprint density at radius 2 is 2.26 bits per heavy atom. The highest BCUT2D eigenvalue weighted by Gasteiger charge is 2.39. The van der Waals surface area contributed by atoms with E-state index in [9.17, 15) is 13.6 Å². The van der Waals surface area contributed by atoms with Gasteiger partial charge in [0.1, 0.15) is 6.04 Å². The molecule has 1 aliphatic heterocycles. The summed E-state index contributed by atoms with van der Waals surface area (Å²) >= 11 is 0. The fourth-order valence-electron chi connectivity index (χ4n) is 3.90. The number of oxazole rings is 1. The van der Waals surface area contributed by atoms with Crippen LogP contribution in [-0.2, 0) is 6.42 Å². The number of imidazole rings is 1. The number of nitrogens with zero attached hydrogens (tertiary/aromatic N) is 5. The second-order valence-electron chi connectivity index (χ2n) is 6.99. The maximum atomic E-state index is 13.3. The molecule has 9 nitrogen and oxygen atoms in total. The Morgan fingerprint density at radius 1 is 1.39 bits per heavy atom. The second kappa shape index (κ2) is 7.49. The molecule has 1 N–H and O–H groups in total. The van der Waals surface area contributed by atoms with Gasteiger partial charge in [0.15, 0.2) is 12.1 Å². The van der Waals surface area contributed by atoms with Crippen molar-refractivity contribution >= 4 is 11.4 Å². The summed E-state index contributed by atoms with van der Waals surface area (Å²) in [5, 5.41) is 4.65. The maximum absolute atomic E-state index is 13.3. The molecule has 4 aromatic rings. The van der Waals surface area contributed by atoms with Crippen molar-refractivity contribution in [2.24, 2.45) is 0 Å². The Kier molecular flexibility index (Phi) is 4.64. The van der Waals surface area contributed by atoms with Gasteiger partial charge in [-0.3, -0.25) is 4.79 Å². The third-order valence-electron chi connectivity index (χ3n) is 5.22. The van der Waals surface area contributed by atoms with Crippen molar-refractivity contribution in [1.29, 1.82) is 0 Å². The quantitative estimate of drug-likeness (QED) is 0.524. The molecule has 5 heterocycles. The molecule has 1 amide bonds. The molecule has 0 unspecified atom stereocenters. The highest BCUT2D eigenvalue weighted by molar-refractivity contribution is 5.93. The van der Waals surface area contributed by atoms with Gasteiger partial charge in [0.2, 0.25) is 11.6 Å². The van der Waals surface area contributed by atoms with E-state index in [1.165, 1.54) is 4.90 Å². The fraction of sp³-hybridized carbons (Fsp3) is 0.300. The Hall–Kier alpha value is -3.76. The van der Waals surface area contributed by atoms with Crippen molar-refractivity contribution in [2.75, 3.05) is 13.2 Å². The van der Waals surface area contributed by atoms with Gasteiger partial charge in [-0.15, -0.1) is 0 Å². The highest BCUT2D eigenvalue weighted by atomic mass is 19.3. The van der Waals surface area contributed by atoms with Gasteiger partial charge in [-0.1, -0.05) is 6.07 Å². The third-order valence-corrected chi connectivity index (χ3v) is 5.22. The number of aromatic nitrogens is 5. The molecule has 4 aromatic heterocycles. The van der Waals surface area contributed by atoms with Crippen LogP contribution in [-0.4, -0.2) is 48.5 Å². The van der Waals surface area contributed by atoms with Crippen molar-refractivity contribution in [3.8, 4) is 5.88 Å². The minimum atomic E-state index is -2.93. The standard InChI is InChI=1S/C20H18F2N6O3/c1-2-30-14-5-3-4-11-8-13(26-28(11)14)17-15-12(23-9-24-15)6-7-27(17)20(29)18-16(19(21)22)25-10-31-18/h3-5,8-10,17,19H,2,6-7H2,1H3,(H,23,24)/t17-/m1/s1. The largest absolute Gasteiger partial charge is 0.478 e. The molecule has 1 atom stereocenters. The van der Waals surface area contributed by atoms with E-state index in [1.807, 2.05) is 25.1 Å². The average molecular weight is 428 g/mol. The summed E-state index contributed by atoms with van der Waals surface area (Å²) in [6.45, 7) is 2.61. The first kappa shape index (κ1) is 19.2. The van der Waals surface area contributed by atoms with Crippen LogP contribution in [0.25, 0.3) is 5.52 Å². The number of ether oxygens (including phenoxy) is 1. The zero-order valence-electron chi connectivity index (χ0n) is 16.5. The lowest BCUT2D eigenvalue weighted by Crippen LogP contribution is -2.41. The molecule has 0 radical (unpaired) electrons. The number of carbonyl (C=O) groups is 1. The van der Waals surface area contributed by atoms with Crippen LogP contribution < -0.4 is 4.74 Å². The van der Waals surface area contributed by atoms with Gasteiger partial charge in [-0.25, -0.2) is 23.3 Å². The first-order valence-corrected chi connectivity index (χ1v) is 9.74. The van der Waals surface area contributed by atoms with Gasteiger partial charge in [-0.2, -0.15) is 5.10 Å². The molecular formula is C20H18F2N6O3. The lowest BCUT2D eigenvalue weighted by Gasteiger charge is -2.33. The Labute approximate surface area is 174 Å². The van der Waals surface area contributed by atoms with Gasteiger partial charge in [0.25, 0.3) is 12.3 Å². The van der Waals surface area contributed by atoms with Crippen LogP contribution in [0.4, 0.5) is 8.78 Å². The number of aromatic amines is 1. The Bertz CT molecular complexity index is 1250. The minimum Gasteiger partial charge on any atom is -0.478 e. The van der Waals surface area contributed by atoms with Crippen LogP contribution in [0.3, 0.4) is 0 Å². The molecule has 31 heavy (non-hydrogen) atoms. The van der Waals surface area contributed by atoms with Gasteiger partial charge < -0.3 is 19.0 Å². The normalized spacial score (nSPS) is 16.1. The van der Waals surface area contributed by atoms with Crippen molar-refractivity contribution in [2.45, 2.75) is 25.8 Å². The predicted octanol–water partition coefficient (Wildman–Crippen LogP) is 3.17. The number of hydrogen-bond acceptors (Lipinski definition) is 6. The van der Waals surface area contributed by atoms with E-state index >= 15 is 0 Å². The van der Waals surface area contributed by atoms with Crippen molar-refractivity contribution < 1.29 is 22.7 Å². The lowest BCUT2D eigenvalue weighted by molar-refractivity contribution is 0.0639. The third kappa shape index (κ3) is 3.13. The van der Waals surface area contributed by atoms with E-state index in [1.54, 1.807) is 16.9 Å². The van der Waals surface area contributed by atoms with E-state index < -0.39 is 29.8 Å². The van der Waals surface area contributed by atoms with E-state index in [-0.39, 0.29) is 6.54 Å². The number of halogens is 2. The number of hydrogen-bond donors (Lipinski definition) is 1. The molecular weight excluding hydrogens is 410 g/mol. The van der Waals surface area contributed by atoms with E-state index in [0.717, 1.165) is 17.6 Å². The van der Waals surface area contributed by atoms with Crippen LogP contribution in [0.5, 0.6) is 5.88 Å². The van der Waals surface area contributed by atoms with E-state index in [0.29, 0.717) is 30.3 Å². The van der Waals surface area contributed by atoms with Crippen LogP contribution in [0, 0.1) is 0 Å². The molecule has 0 bridgehead atoms. The van der Waals surface area contributed by atoms with Gasteiger partial charge >= 0.3 is 0 Å². The molecule has 0 saturated carbocycles. The Balaban J connectivity index is 1.62. The smallest absolute Gasteiger partial charge is 0.292 e. The van der Waals surface area contributed by atoms with Crippen LogP contribution in [0.15, 0.2) is 41.4 Å². The first-order valence-electron chi connectivity index (χ1n) is 9.74.